The lowest BCUT2D eigenvalue weighted by Crippen LogP contribution is -2.50. The zero-order chi connectivity index (χ0) is 21.5. The zero-order valence-electron chi connectivity index (χ0n) is 19.1. The first kappa shape index (κ1) is 21.2. The highest BCUT2D eigenvalue weighted by Gasteiger charge is 2.49. The molecular formula is C28H34NP. The highest BCUT2D eigenvalue weighted by Crippen LogP contribution is 2.57. The van der Waals surface area contributed by atoms with Gasteiger partial charge in [0, 0.05) is 22.9 Å². The van der Waals surface area contributed by atoms with Crippen LogP contribution in [0.15, 0.2) is 84.9 Å². The molecule has 2 heteroatoms. The molecule has 0 aromatic heterocycles. The topological polar surface area (TPSA) is 3.24 Å². The third kappa shape index (κ3) is 3.03. The third-order valence-electron chi connectivity index (χ3n) is 6.46. The Kier molecular flexibility index (Phi) is 5.56. The largest absolute Gasteiger partial charge is 0.272 e. The van der Waals surface area contributed by atoms with Crippen LogP contribution in [0.5, 0.6) is 0 Å². The molecule has 1 aliphatic rings. The summed E-state index contributed by atoms with van der Waals surface area (Å²) < 4.78 is 0. The average molecular weight is 416 g/mol. The van der Waals surface area contributed by atoms with Crippen LogP contribution in [-0.2, 0) is 5.41 Å². The van der Waals surface area contributed by atoms with Crippen LogP contribution in [0, 0.1) is 0 Å². The van der Waals surface area contributed by atoms with E-state index in [0.29, 0.717) is 12.1 Å². The molecule has 0 spiro atoms. The standard InChI is InChI=1S/C28H34NP/c1-21(2)29(22(3)4)27-28(5,6)25-19-13-14-20-26(25)30(27,23-15-9-7-10-16-23)24-17-11-8-12-18-24/h7-22H,1-6H3. The van der Waals surface area contributed by atoms with Gasteiger partial charge >= 0.3 is 0 Å². The van der Waals surface area contributed by atoms with Crippen LogP contribution in [0.4, 0.5) is 0 Å². The number of nitrogens with zero attached hydrogens (tertiary/aromatic N) is 1. The lowest BCUT2D eigenvalue weighted by Gasteiger charge is -2.42. The molecule has 0 radical (unpaired) electrons. The SMILES string of the molecule is CC(C)N(C1=P(c2ccccc2)(c2ccccc2)c2ccccc2C1(C)C)C(C)C. The van der Waals surface area contributed by atoms with E-state index in [-0.39, 0.29) is 5.41 Å². The minimum atomic E-state index is -1.99. The van der Waals surface area contributed by atoms with E-state index in [1.165, 1.54) is 21.5 Å². The summed E-state index contributed by atoms with van der Waals surface area (Å²) in [5, 5.41) is 4.43. The molecule has 1 aliphatic heterocycles. The van der Waals surface area contributed by atoms with Crippen LogP contribution in [-0.4, -0.2) is 22.4 Å². The van der Waals surface area contributed by atoms with Crippen molar-refractivity contribution in [1.29, 1.82) is 0 Å². The van der Waals surface area contributed by atoms with Crippen LogP contribution in [0.25, 0.3) is 0 Å². The molecule has 0 bridgehead atoms. The van der Waals surface area contributed by atoms with E-state index in [2.05, 4.69) is 131 Å². The molecule has 3 aromatic carbocycles. The number of rotatable bonds is 5. The number of hydrogen-bond acceptors (Lipinski definition) is 1. The molecule has 0 amide bonds. The quantitative estimate of drug-likeness (QED) is 0.496. The van der Waals surface area contributed by atoms with Gasteiger partial charge < -0.3 is 0 Å². The maximum Gasteiger partial charge on any atom is 0.0264 e. The summed E-state index contributed by atoms with van der Waals surface area (Å²) in [6.45, 7) is 12.3. The van der Waals surface area contributed by atoms with Crippen molar-refractivity contribution in [3.8, 4) is 0 Å². The molecule has 0 N–H and O–H groups in total. The van der Waals surface area contributed by atoms with E-state index >= 15 is 0 Å². The Morgan fingerprint density at radius 2 is 1.07 bits per heavy atom. The summed E-state index contributed by atoms with van der Waals surface area (Å²) in [7, 11) is 0. The maximum absolute atomic E-state index is 2.72. The van der Waals surface area contributed by atoms with Gasteiger partial charge in [-0.1, -0.05) is 98.8 Å². The van der Waals surface area contributed by atoms with E-state index in [9.17, 15) is 0 Å². The van der Waals surface area contributed by atoms with Crippen molar-refractivity contribution >= 4 is 28.2 Å². The summed E-state index contributed by atoms with van der Waals surface area (Å²) in [6, 6.07) is 32.6. The fourth-order valence-corrected chi connectivity index (χ4v) is 11.1. The van der Waals surface area contributed by atoms with E-state index in [4.69, 9.17) is 0 Å². The van der Waals surface area contributed by atoms with E-state index in [1.54, 1.807) is 5.42 Å². The lowest BCUT2D eigenvalue weighted by molar-refractivity contribution is 0.281. The third-order valence-corrected chi connectivity index (χ3v) is 11.1. The van der Waals surface area contributed by atoms with Crippen molar-refractivity contribution in [2.24, 2.45) is 0 Å². The maximum atomic E-state index is 2.72. The van der Waals surface area contributed by atoms with Gasteiger partial charge in [-0.2, -0.15) is 0 Å². The fraction of sp³-hybridized carbons (Fsp3) is 0.321. The molecule has 4 rings (SSSR count). The number of hydrogen-bond donors (Lipinski definition) is 0. The lowest BCUT2D eigenvalue weighted by atomic mass is 9.83. The van der Waals surface area contributed by atoms with Gasteiger partial charge in [0.15, 0.2) is 0 Å². The molecule has 0 saturated carbocycles. The van der Waals surface area contributed by atoms with Gasteiger partial charge in [-0.05, 0) is 56.1 Å². The summed E-state index contributed by atoms with van der Waals surface area (Å²) in [5.74, 6) is 0. The van der Waals surface area contributed by atoms with Gasteiger partial charge in [-0.3, -0.25) is 4.90 Å². The highest BCUT2D eigenvalue weighted by molar-refractivity contribution is 7.96. The second kappa shape index (κ2) is 7.88. The molecule has 0 unspecified atom stereocenters. The Bertz CT molecular complexity index is 1030. The zero-order valence-corrected chi connectivity index (χ0v) is 20.0. The first-order chi connectivity index (χ1) is 14.3. The molecule has 1 heterocycles. The normalized spacial score (nSPS) is 17.0. The monoisotopic (exact) mass is 415 g/mol. The summed E-state index contributed by atoms with van der Waals surface area (Å²) >= 11 is 0. The van der Waals surface area contributed by atoms with Gasteiger partial charge in [-0.15, -0.1) is 0 Å². The minimum absolute atomic E-state index is 0.0371. The van der Waals surface area contributed by atoms with Crippen molar-refractivity contribution < 1.29 is 0 Å². The number of fused-ring (bicyclic) bond motifs is 1. The van der Waals surface area contributed by atoms with E-state index < -0.39 is 6.89 Å². The second-order valence-corrected chi connectivity index (χ2v) is 12.7. The summed E-state index contributed by atoms with van der Waals surface area (Å²) in [6.07, 6.45) is 0. The molecule has 3 aromatic rings. The molecule has 156 valence electrons. The van der Waals surface area contributed by atoms with Gasteiger partial charge in [0.1, 0.15) is 0 Å². The molecule has 0 aliphatic carbocycles. The Balaban J connectivity index is 2.30. The highest BCUT2D eigenvalue weighted by atomic mass is 31.2. The molecule has 0 fully saturated rings. The number of benzene rings is 3. The van der Waals surface area contributed by atoms with Crippen molar-refractivity contribution in [3.63, 3.8) is 0 Å². The summed E-state index contributed by atoms with van der Waals surface area (Å²) in [4.78, 5) is 2.72. The van der Waals surface area contributed by atoms with Crippen molar-refractivity contribution in [3.05, 3.63) is 90.5 Å². The Morgan fingerprint density at radius 1 is 0.633 bits per heavy atom. The van der Waals surface area contributed by atoms with Gasteiger partial charge in [0.2, 0.25) is 0 Å². The van der Waals surface area contributed by atoms with E-state index in [1.807, 2.05) is 0 Å². The predicted octanol–water partition coefficient (Wildman–Crippen LogP) is 5.52. The average Bonchev–Trinajstić information content (AvgIpc) is 2.94. The van der Waals surface area contributed by atoms with E-state index in [0.717, 1.165) is 0 Å². The molecule has 1 nitrogen and oxygen atoms in total. The molecule has 30 heavy (non-hydrogen) atoms. The molecular weight excluding hydrogens is 381 g/mol. The molecule has 0 atom stereocenters. The van der Waals surface area contributed by atoms with Crippen molar-refractivity contribution in [2.45, 2.75) is 59.0 Å². The van der Waals surface area contributed by atoms with Crippen LogP contribution in [0.1, 0.15) is 47.1 Å². The Labute approximate surface area is 182 Å². The van der Waals surface area contributed by atoms with Crippen LogP contribution < -0.4 is 15.9 Å². The van der Waals surface area contributed by atoms with Crippen LogP contribution in [0.2, 0.25) is 0 Å². The van der Waals surface area contributed by atoms with Crippen LogP contribution >= 0.6 is 6.89 Å². The second-order valence-electron chi connectivity index (χ2n) is 9.40. The predicted molar refractivity (Wildman–Crippen MR) is 135 cm³/mol. The van der Waals surface area contributed by atoms with Gasteiger partial charge in [-0.25, -0.2) is 0 Å². The Hall–Kier alpha value is -2.08. The first-order valence-electron chi connectivity index (χ1n) is 11.1. The fourth-order valence-electron chi connectivity index (χ4n) is 5.50. The van der Waals surface area contributed by atoms with Crippen LogP contribution in [0.3, 0.4) is 0 Å². The minimum Gasteiger partial charge on any atom is -0.272 e. The molecule has 0 saturated heterocycles. The smallest absolute Gasteiger partial charge is 0.0264 e. The first-order valence-corrected chi connectivity index (χ1v) is 12.9. The Morgan fingerprint density at radius 3 is 1.53 bits per heavy atom. The van der Waals surface area contributed by atoms with Crippen molar-refractivity contribution in [1.82, 2.24) is 4.90 Å². The van der Waals surface area contributed by atoms with Crippen molar-refractivity contribution in [2.75, 3.05) is 0 Å². The van der Waals surface area contributed by atoms with Gasteiger partial charge in [0.25, 0.3) is 0 Å². The van der Waals surface area contributed by atoms with Gasteiger partial charge in [0.05, 0.1) is 0 Å². The summed E-state index contributed by atoms with van der Waals surface area (Å²) in [5.41, 5.74) is 3.04.